The summed E-state index contributed by atoms with van der Waals surface area (Å²) in [6.45, 7) is 3.76. The van der Waals surface area contributed by atoms with Gasteiger partial charge in [0.1, 0.15) is 11.8 Å². The van der Waals surface area contributed by atoms with Gasteiger partial charge in [0.25, 0.3) is 0 Å². The number of aromatic amines is 1. The first-order chi connectivity index (χ1) is 13.9. The molecule has 2 atom stereocenters. The molecule has 0 spiro atoms. The number of hydrogen-bond acceptors (Lipinski definition) is 6. The summed E-state index contributed by atoms with van der Waals surface area (Å²) in [4.78, 5) is 24.9. The summed E-state index contributed by atoms with van der Waals surface area (Å²) < 4.78 is 21.8. The minimum atomic E-state index is -1.19. The number of rotatable bonds is 6. The number of hydrogen-bond donors (Lipinski definition) is 2. The summed E-state index contributed by atoms with van der Waals surface area (Å²) in [5.74, 6) is -0.258. The van der Waals surface area contributed by atoms with Crippen molar-refractivity contribution in [1.29, 1.82) is 0 Å². The van der Waals surface area contributed by atoms with Gasteiger partial charge >= 0.3 is 0 Å². The SMILES string of the molecule is C=CC(=O)N1C[C@H](COc2nc(Nc3cnn(C)c3)nc3[nH]cc(Cl)c23)[C@@H](F)C1. The molecule has 1 fully saturated rings. The van der Waals surface area contributed by atoms with Crippen molar-refractivity contribution in [3.05, 3.63) is 36.3 Å². The molecule has 9 nitrogen and oxygen atoms in total. The van der Waals surface area contributed by atoms with Gasteiger partial charge < -0.3 is 19.9 Å². The van der Waals surface area contributed by atoms with Crippen LogP contribution < -0.4 is 10.1 Å². The van der Waals surface area contributed by atoms with E-state index in [4.69, 9.17) is 16.3 Å². The van der Waals surface area contributed by atoms with Gasteiger partial charge in [0.05, 0.1) is 35.4 Å². The number of carbonyl (C=O) groups excluding carboxylic acids is 1. The highest BCUT2D eigenvalue weighted by atomic mass is 35.5. The van der Waals surface area contributed by atoms with E-state index in [0.717, 1.165) is 0 Å². The van der Waals surface area contributed by atoms with Gasteiger partial charge in [0.2, 0.25) is 17.7 Å². The fourth-order valence-corrected chi connectivity index (χ4v) is 3.45. The van der Waals surface area contributed by atoms with Crippen LogP contribution in [0.5, 0.6) is 5.88 Å². The van der Waals surface area contributed by atoms with Crippen LogP contribution in [0.3, 0.4) is 0 Å². The number of nitrogens with zero attached hydrogens (tertiary/aromatic N) is 5. The Morgan fingerprint density at radius 3 is 3.07 bits per heavy atom. The van der Waals surface area contributed by atoms with E-state index in [9.17, 15) is 9.18 Å². The first-order valence-corrected chi connectivity index (χ1v) is 9.31. The summed E-state index contributed by atoms with van der Waals surface area (Å²) in [5.41, 5.74) is 1.19. The maximum Gasteiger partial charge on any atom is 0.246 e. The van der Waals surface area contributed by atoms with Crippen LogP contribution in [-0.2, 0) is 11.8 Å². The van der Waals surface area contributed by atoms with E-state index in [1.165, 1.54) is 11.0 Å². The molecule has 152 valence electrons. The molecule has 0 radical (unpaired) electrons. The Morgan fingerprint density at radius 2 is 2.34 bits per heavy atom. The van der Waals surface area contributed by atoms with Crippen molar-refractivity contribution in [3.63, 3.8) is 0 Å². The monoisotopic (exact) mass is 419 g/mol. The molecule has 29 heavy (non-hydrogen) atoms. The van der Waals surface area contributed by atoms with Crippen molar-refractivity contribution in [2.24, 2.45) is 13.0 Å². The topological polar surface area (TPSA) is 101 Å². The molecule has 3 aromatic rings. The lowest BCUT2D eigenvalue weighted by molar-refractivity contribution is -0.125. The maximum atomic E-state index is 14.3. The van der Waals surface area contributed by atoms with Crippen LogP contribution >= 0.6 is 11.6 Å². The number of alkyl halides is 1. The number of ether oxygens (including phenoxy) is 1. The number of halogens is 2. The number of aromatic nitrogens is 5. The molecule has 1 saturated heterocycles. The summed E-state index contributed by atoms with van der Waals surface area (Å²) in [6, 6.07) is 0. The molecule has 0 aromatic carbocycles. The fourth-order valence-electron chi connectivity index (χ4n) is 3.22. The molecular formula is C18H19ClFN7O2. The zero-order valence-electron chi connectivity index (χ0n) is 15.6. The number of aryl methyl sites for hydroxylation is 1. The molecular weight excluding hydrogens is 401 g/mol. The quantitative estimate of drug-likeness (QED) is 0.595. The summed E-state index contributed by atoms with van der Waals surface area (Å²) in [5, 5.41) is 8.04. The van der Waals surface area contributed by atoms with Gasteiger partial charge in [-0.05, 0) is 6.08 Å². The lowest BCUT2D eigenvalue weighted by Crippen LogP contribution is -2.27. The van der Waals surface area contributed by atoms with Crippen molar-refractivity contribution in [2.75, 3.05) is 25.0 Å². The number of anilines is 2. The summed E-state index contributed by atoms with van der Waals surface area (Å²) in [6.07, 6.45) is 4.98. The molecule has 4 heterocycles. The third-order valence-corrected chi connectivity index (χ3v) is 4.99. The smallest absolute Gasteiger partial charge is 0.246 e. The molecule has 2 N–H and O–H groups in total. The van der Waals surface area contributed by atoms with Crippen LogP contribution in [0.25, 0.3) is 11.0 Å². The van der Waals surface area contributed by atoms with E-state index >= 15 is 0 Å². The number of amides is 1. The number of likely N-dealkylation sites (tertiary alicyclic amines) is 1. The van der Waals surface area contributed by atoms with E-state index in [2.05, 4.69) is 31.9 Å². The van der Waals surface area contributed by atoms with Gasteiger partial charge in [-0.3, -0.25) is 9.48 Å². The predicted molar refractivity (Wildman–Crippen MR) is 106 cm³/mol. The second-order valence-electron chi connectivity index (χ2n) is 6.77. The van der Waals surface area contributed by atoms with Gasteiger partial charge in [-0.2, -0.15) is 15.1 Å². The number of fused-ring (bicyclic) bond motifs is 1. The van der Waals surface area contributed by atoms with E-state index < -0.39 is 12.1 Å². The van der Waals surface area contributed by atoms with Gasteiger partial charge in [-0.1, -0.05) is 18.2 Å². The molecule has 1 amide bonds. The summed E-state index contributed by atoms with van der Waals surface area (Å²) >= 11 is 6.24. The number of carbonyl (C=O) groups is 1. The Labute approximate surface area is 170 Å². The third kappa shape index (κ3) is 3.88. The van der Waals surface area contributed by atoms with Gasteiger partial charge in [-0.25, -0.2) is 4.39 Å². The normalized spacial score (nSPS) is 18.9. The Hall–Kier alpha value is -3.14. The molecule has 4 rings (SSSR count). The Kier molecular flexibility index (Phi) is 5.10. The highest BCUT2D eigenvalue weighted by Gasteiger charge is 2.35. The first-order valence-electron chi connectivity index (χ1n) is 8.93. The van der Waals surface area contributed by atoms with Gasteiger partial charge in [-0.15, -0.1) is 0 Å². The highest BCUT2D eigenvalue weighted by Crippen LogP contribution is 2.32. The molecule has 1 aliphatic rings. The molecule has 0 aliphatic carbocycles. The highest BCUT2D eigenvalue weighted by molar-refractivity contribution is 6.35. The number of H-pyrrole nitrogens is 1. The standard InChI is InChI=1S/C18H19ClFN7O2/c1-3-14(28)27-6-10(13(20)8-27)9-29-17-15-12(19)5-21-16(15)24-18(25-17)23-11-4-22-26(2)7-11/h3-5,7,10,13H,1,6,8-9H2,2H3,(H2,21,23,24,25)/t10-,13+/m1/s1. The van der Waals surface area contributed by atoms with E-state index in [1.54, 1.807) is 30.3 Å². The second-order valence-corrected chi connectivity index (χ2v) is 7.18. The largest absolute Gasteiger partial charge is 0.477 e. The average Bonchev–Trinajstić information content (AvgIpc) is 3.39. The van der Waals surface area contributed by atoms with Crippen LogP contribution in [-0.4, -0.2) is 61.4 Å². The van der Waals surface area contributed by atoms with Gasteiger partial charge in [0.15, 0.2) is 0 Å². The van der Waals surface area contributed by atoms with E-state index in [1.807, 2.05) is 0 Å². The zero-order chi connectivity index (χ0) is 20.5. The van der Waals surface area contributed by atoms with Crippen molar-refractivity contribution in [1.82, 2.24) is 29.6 Å². The lowest BCUT2D eigenvalue weighted by atomic mass is 10.1. The van der Waals surface area contributed by atoms with Crippen molar-refractivity contribution in [2.45, 2.75) is 6.17 Å². The predicted octanol–water partition coefficient (Wildman–Crippen LogP) is 2.45. The van der Waals surface area contributed by atoms with Crippen LogP contribution in [0.15, 0.2) is 31.2 Å². The summed E-state index contributed by atoms with van der Waals surface area (Å²) in [7, 11) is 1.80. The molecule has 0 unspecified atom stereocenters. The number of nitrogens with one attached hydrogen (secondary N) is 2. The molecule has 11 heteroatoms. The van der Waals surface area contributed by atoms with Crippen LogP contribution in [0.1, 0.15) is 0 Å². The van der Waals surface area contributed by atoms with Crippen molar-refractivity contribution >= 4 is 40.2 Å². The fraction of sp³-hybridized carbons (Fsp3) is 0.333. The van der Waals surface area contributed by atoms with E-state index in [0.29, 0.717) is 21.7 Å². The second kappa shape index (κ2) is 7.70. The Morgan fingerprint density at radius 1 is 1.52 bits per heavy atom. The van der Waals surface area contributed by atoms with Crippen molar-refractivity contribution in [3.8, 4) is 5.88 Å². The first kappa shape index (κ1) is 19.2. The third-order valence-electron chi connectivity index (χ3n) is 4.69. The maximum absolute atomic E-state index is 14.3. The lowest BCUT2D eigenvalue weighted by Gasteiger charge is -2.15. The van der Waals surface area contributed by atoms with Crippen LogP contribution in [0, 0.1) is 5.92 Å². The molecule has 3 aromatic heterocycles. The minimum absolute atomic E-state index is 0.0246. The minimum Gasteiger partial charge on any atom is -0.477 e. The molecule has 1 aliphatic heterocycles. The molecule has 0 saturated carbocycles. The van der Waals surface area contributed by atoms with Crippen LogP contribution in [0.2, 0.25) is 5.02 Å². The average molecular weight is 420 g/mol. The van der Waals surface area contributed by atoms with Crippen molar-refractivity contribution < 1.29 is 13.9 Å². The van der Waals surface area contributed by atoms with Gasteiger partial charge in [0, 0.05) is 31.9 Å². The zero-order valence-corrected chi connectivity index (χ0v) is 16.4. The Bertz CT molecular complexity index is 1070. The van der Waals surface area contributed by atoms with Crippen LogP contribution in [0.4, 0.5) is 16.0 Å². The van der Waals surface area contributed by atoms with E-state index in [-0.39, 0.29) is 37.4 Å². The molecule has 0 bridgehead atoms. The Balaban J connectivity index is 1.55.